The van der Waals surface area contributed by atoms with Crippen LogP contribution in [0.5, 0.6) is 0 Å². The van der Waals surface area contributed by atoms with Gasteiger partial charge in [-0.2, -0.15) is 0 Å². The molecule has 1 fully saturated rings. The Balaban J connectivity index is 2.00. The number of likely N-dealkylation sites (tertiary alicyclic amines) is 1. The predicted octanol–water partition coefficient (Wildman–Crippen LogP) is 2.75. The first-order valence-electron chi connectivity index (χ1n) is 6.79. The third kappa shape index (κ3) is 3.93. The molecule has 2 rings (SSSR count). The SMILES string of the molecule is CN1C[C@@H](C=CCCC(=O)O)[C@H](c2ccccc2)C1. The Bertz CT molecular complexity index is 441. The molecule has 0 radical (unpaired) electrons. The number of carbonyl (C=O) groups is 1. The van der Waals surface area contributed by atoms with Crippen molar-refractivity contribution >= 4 is 5.97 Å². The first kappa shape index (κ1) is 13.8. The molecule has 102 valence electrons. The van der Waals surface area contributed by atoms with E-state index in [0.717, 1.165) is 13.1 Å². The van der Waals surface area contributed by atoms with Crippen LogP contribution >= 0.6 is 0 Å². The van der Waals surface area contributed by atoms with Gasteiger partial charge in [0.1, 0.15) is 0 Å². The van der Waals surface area contributed by atoms with Gasteiger partial charge in [-0.25, -0.2) is 0 Å². The van der Waals surface area contributed by atoms with Gasteiger partial charge in [0.25, 0.3) is 0 Å². The number of rotatable bonds is 5. The highest BCUT2D eigenvalue weighted by Crippen LogP contribution is 2.32. The molecular formula is C16H21NO2. The monoisotopic (exact) mass is 259 g/mol. The minimum Gasteiger partial charge on any atom is -0.481 e. The number of nitrogens with zero attached hydrogens (tertiary/aromatic N) is 1. The van der Waals surface area contributed by atoms with Gasteiger partial charge in [-0.1, -0.05) is 42.5 Å². The molecular weight excluding hydrogens is 238 g/mol. The lowest BCUT2D eigenvalue weighted by Gasteiger charge is -2.15. The van der Waals surface area contributed by atoms with E-state index in [2.05, 4.69) is 42.3 Å². The van der Waals surface area contributed by atoms with Gasteiger partial charge in [-0.05, 0) is 24.9 Å². The zero-order chi connectivity index (χ0) is 13.7. The Morgan fingerprint density at radius 2 is 2.11 bits per heavy atom. The first-order valence-corrected chi connectivity index (χ1v) is 6.79. The summed E-state index contributed by atoms with van der Waals surface area (Å²) in [6.07, 6.45) is 5.06. The van der Waals surface area contributed by atoms with Gasteiger partial charge < -0.3 is 10.0 Å². The van der Waals surface area contributed by atoms with Crippen LogP contribution in [0.2, 0.25) is 0 Å². The summed E-state index contributed by atoms with van der Waals surface area (Å²) in [4.78, 5) is 12.8. The smallest absolute Gasteiger partial charge is 0.303 e. The molecule has 19 heavy (non-hydrogen) atoms. The summed E-state index contributed by atoms with van der Waals surface area (Å²) in [6.45, 7) is 2.11. The average Bonchev–Trinajstić information content (AvgIpc) is 2.77. The van der Waals surface area contributed by atoms with E-state index < -0.39 is 5.97 Å². The summed E-state index contributed by atoms with van der Waals surface area (Å²) >= 11 is 0. The lowest BCUT2D eigenvalue weighted by Crippen LogP contribution is -2.13. The van der Waals surface area contributed by atoms with Crippen molar-refractivity contribution in [1.82, 2.24) is 4.90 Å². The van der Waals surface area contributed by atoms with Crippen molar-refractivity contribution in [1.29, 1.82) is 0 Å². The molecule has 1 N–H and O–H groups in total. The van der Waals surface area contributed by atoms with Gasteiger partial charge in [0.15, 0.2) is 0 Å². The Morgan fingerprint density at radius 3 is 2.79 bits per heavy atom. The summed E-state index contributed by atoms with van der Waals surface area (Å²) in [5.41, 5.74) is 1.37. The predicted molar refractivity (Wildman–Crippen MR) is 76.2 cm³/mol. The molecule has 0 aromatic heterocycles. The number of likely N-dealkylation sites (N-methyl/N-ethyl adjacent to an activating group) is 1. The van der Waals surface area contributed by atoms with Crippen molar-refractivity contribution in [3.05, 3.63) is 48.0 Å². The highest BCUT2D eigenvalue weighted by molar-refractivity contribution is 5.66. The molecule has 3 nitrogen and oxygen atoms in total. The highest BCUT2D eigenvalue weighted by atomic mass is 16.4. The van der Waals surface area contributed by atoms with Gasteiger partial charge >= 0.3 is 5.97 Å². The van der Waals surface area contributed by atoms with Crippen LogP contribution in [0.25, 0.3) is 0 Å². The Hall–Kier alpha value is -1.61. The van der Waals surface area contributed by atoms with E-state index in [0.29, 0.717) is 18.3 Å². The number of aliphatic carboxylic acids is 1. The number of carboxylic acids is 1. The molecule has 0 unspecified atom stereocenters. The van der Waals surface area contributed by atoms with Gasteiger partial charge in [0, 0.05) is 25.4 Å². The van der Waals surface area contributed by atoms with Crippen molar-refractivity contribution in [2.24, 2.45) is 5.92 Å². The molecule has 0 bridgehead atoms. The molecule has 0 aliphatic carbocycles. The van der Waals surface area contributed by atoms with Crippen LogP contribution in [-0.4, -0.2) is 36.1 Å². The molecule has 0 spiro atoms. The number of hydrogen-bond acceptors (Lipinski definition) is 2. The van der Waals surface area contributed by atoms with E-state index in [-0.39, 0.29) is 6.42 Å². The van der Waals surface area contributed by atoms with Crippen LogP contribution in [0.15, 0.2) is 42.5 Å². The van der Waals surface area contributed by atoms with Crippen molar-refractivity contribution in [3.8, 4) is 0 Å². The van der Waals surface area contributed by atoms with E-state index in [1.54, 1.807) is 0 Å². The van der Waals surface area contributed by atoms with Crippen LogP contribution in [0.1, 0.15) is 24.3 Å². The fraction of sp³-hybridized carbons (Fsp3) is 0.438. The number of hydrogen-bond donors (Lipinski definition) is 1. The second kappa shape index (κ2) is 6.53. The molecule has 1 aliphatic heterocycles. The standard InChI is InChI=1S/C16H21NO2/c1-17-11-14(9-5-6-10-16(18)19)15(12-17)13-7-3-2-4-8-13/h2-5,7-9,14-15H,6,10-12H2,1H3,(H,18,19)/t14-,15+/m1/s1. The third-order valence-corrected chi connectivity index (χ3v) is 3.68. The van der Waals surface area contributed by atoms with Crippen molar-refractivity contribution in [2.45, 2.75) is 18.8 Å². The number of allylic oxidation sites excluding steroid dienone is 1. The maximum atomic E-state index is 10.5. The Morgan fingerprint density at radius 1 is 1.37 bits per heavy atom. The van der Waals surface area contributed by atoms with Gasteiger partial charge in [0.05, 0.1) is 0 Å². The van der Waals surface area contributed by atoms with Gasteiger partial charge in [-0.15, -0.1) is 0 Å². The summed E-state index contributed by atoms with van der Waals surface area (Å²) in [5, 5.41) is 8.64. The normalized spacial score (nSPS) is 24.1. The van der Waals surface area contributed by atoms with E-state index >= 15 is 0 Å². The summed E-state index contributed by atoms with van der Waals surface area (Å²) in [7, 11) is 2.14. The second-order valence-corrected chi connectivity index (χ2v) is 5.26. The van der Waals surface area contributed by atoms with E-state index in [1.807, 2.05) is 12.1 Å². The maximum absolute atomic E-state index is 10.5. The van der Waals surface area contributed by atoms with E-state index in [9.17, 15) is 4.79 Å². The average molecular weight is 259 g/mol. The Kier molecular flexibility index (Phi) is 4.74. The van der Waals surface area contributed by atoms with Crippen molar-refractivity contribution < 1.29 is 9.90 Å². The molecule has 1 heterocycles. The van der Waals surface area contributed by atoms with Crippen LogP contribution in [0.3, 0.4) is 0 Å². The minimum absolute atomic E-state index is 0.217. The molecule has 3 heteroatoms. The molecule has 1 saturated heterocycles. The molecule has 0 saturated carbocycles. The third-order valence-electron chi connectivity index (χ3n) is 3.68. The van der Waals surface area contributed by atoms with Gasteiger partial charge in [0.2, 0.25) is 0 Å². The fourth-order valence-corrected chi connectivity index (χ4v) is 2.76. The van der Waals surface area contributed by atoms with Crippen LogP contribution in [0, 0.1) is 5.92 Å². The van der Waals surface area contributed by atoms with E-state index in [1.165, 1.54) is 5.56 Å². The lowest BCUT2D eigenvalue weighted by molar-refractivity contribution is -0.136. The zero-order valence-electron chi connectivity index (χ0n) is 11.3. The molecule has 0 amide bonds. The summed E-state index contributed by atoms with van der Waals surface area (Å²) in [6, 6.07) is 10.6. The zero-order valence-corrected chi connectivity index (χ0v) is 11.3. The van der Waals surface area contributed by atoms with E-state index in [4.69, 9.17) is 5.11 Å². The fourth-order valence-electron chi connectivity index (χ4n) is 2.76. The number of benzene rings is 1. The van der Waals surface area contributed by atoms with Gasteiger partial charge in [-0.3, -0.25) is 4.79 Å². The molecule has 1 aliphatic rings. The summed E-state index contributed by atoms with van der Waals surface area (Å²) < 4.78 is 0. The van der Waals surface area contributed by atoms with Crippen LogP contribution < -0.4 is 0 Å². The van der Waals surface area contributed by atoms with Crippen molar-refractivity contribution in [3.63, 3.8) is 0 Å². The summed E-state index contributed by atoms with van der Waals surface area (Å²) in [5.74, 6) is 0.279. The highest BCUT2D eigenvalue weighted by Gasteiger charge is 2.29. The minimum atomic E-state index is -0.729. The Labute approximate surface area is 114 Å². The largest absolute Gasteiger partial charge is 0.481 e. The van der Waals surface area contributed by atoms with Crippen LogP contribution in [0.4, 0.5) is 0 Å². The van der Waals surface area contributed by atoms with Crippen molar-refractivity contribution in [2.75, 3.05) is 20.1 Å². The first-order chi connectivity index (χ1) is 9.16. The quantitative estimate of drug-likeness (QED) is 0.827. The second-order valence-electron chi connectivity index (χ2n) is 5.26. The molecule has 1 aromatic carbocycles. The topological polar surface area (TPSA) is 40.5 Å². The maximum Gasteiger partial charge on any atom is 0.303 e. The molecule has 2 atom stereocenters. The lowest BCUT2D eigenvalue weighted by atomic mass is 9.88. The van der Waals surface area contributed by atoms with Crippen LogP contribution in [-0.2, 0) is 4.79 Å². The number of carboxylic acid groups (broad SMARTS) is 1. The molecule has 1 aromatic rings.